The molecule has 0 aliphatic carbocycles. The smallest absolute Gasteiger partial charge is 0.172 e. The maximum Gasteiger partial charge on any atom is 0.172 e. The molecule has 2 aromatic rings. The Bertz CT molecular complexity index is 659. The highest BCUT2D eigenvalue weighted by Crippen LogP contribution is 2.43. The molecule has 0 bridgehead atoms. The van der Waals surface area contributed by atoms with E-state index in [0.29, 0.717) is 21.7 Å². The van der Waals surface area contributed by atoms with E-state index in [1.165, 1.54) is 0 Å². The largest absolute Gasteiger partial charge is 0.503 e. The van der Waals surface area contributed by atoms with E-state index in [9.17, 15) is 5.11 Å². The molecule has 0 aromatic heterocycles. The van der Waals surface area contributed by atoms with Gasteiger partial charge in [0.1, 0.15) is 11.5 Å². The molecule has 0 saturated carbocycles. The number of benzene rings is 2. The Morgan fingerprint density at radius 1 is 0.900 bits per heavy atom. The minimum atomic E-state index is 0.0269. The van der Waals surface area contributed by atoms with E-state index in [1.807, 2.05) is 6.07 Å². The Kier molecular flexibility index (Phi) is 5.39. The Morgan fingerprint density at radius 3 is 2.25 bits per heavy atom. The molecular weight excluding hydrogens is 524 g/mol. The number of hydrogen-bond donors (Lipinski definition) is 1. The lowest BCUT2D eigenvalue weighted by Gasteiger charge is -2.13. The molecule has 1 N–H and O–H groups in total. The summed E-state index contributed by atoms with van der Waals surface area (Å²) in [7, 11) is 1.58. The third-order valence-corrected chi connectivity index (χ3v) is 5.45. The molecule has 0 aliphatic rings. The average molecular weight is 532 g/mol. The molecule has 0 amide bonds. The van der Waals surface area contributed by atoms with Gasteiger partial charge in [0.25, 0.3) is 0 Å². The number of phenols is 1. The summed E-state index contributed by atoms with van der Waals surface area (Å²) >= 11 is 13.5. The number of aromatic hydroxyl groups is 1. The van der Waals surface area contributed by atoms with Crippen LogP contribution in [0.25, 0.3) is 0 Å². The maximum absolute atomic E-state index is 10.0. The maximum atomic E-state index is 10.0. The monoisotopic (exact) mass is 528 g/mol. The van der Waals surface area contributed by atoms with Crippen LogP contribution >= 0.6 is 63.7 Å². The van der Waals surface area contributed by atoms with Crippen molar-refractivity contribution in [3.63, 3.8) is 0 Å². The van der Waals surface area contributed by atoms with Gasteiger partial charge >= 0.3 is 0 Å². The van der Waals surface area contributed by atoms with Crippen molar-refractivity contribution < 1.29 is 14.6 Å². The Balaban J connectivity index is 2.47. The van der Waals surface area contributed by atoms with Crippen LogP contribution in [0.1, 0.15) is 0 Å². The van der Waals surface area contributed by atoms with Gasteiger partial charge in [-0.05, 0) is 66.0 Å². The fourth-order valence-corrected chi connectivity index (χ4v) is 3.39. The van der Waals surface area contributed by atoms with Crippen molar-refractivity contribution in [2.75, 3.05) is 7.11 Å². The topological polar surface area (TPSA) is 38.7 Å². The lowest BCUT2D eigenvalue weighted by atomic mass is 10.3. The second-order valence-electron chi connectivity index (χ2n) is 3.76. The number of rotatable bonds is 3. The second kappa shape index (κ2) is 6.68. The van der Waals surface area contributed by atoms with Crippen molar-refractivity contribution in [2.24, 2.45) is 0 Å². The van der Waals surface area contributed by atoms with Gasteiger partial charge < -0.3 is 14.6 Å². The normalized spacial score (nSPS) is 10.4. The quantitative estimate of drug-likeness (QED) is 0.509. The molecule has 2 rings (SSSR count). The minimum absolute atomic E-state index is 0.0269. The van der Waals surface area contributed by atoms with Crippen LogP contribution in [-0.2, 0) is 0 Å². The number of ether oxygens (including phenoxy) is 2. The Hall–Kier alpha value is -0.240. The molecule has 2 aromatic carbocycles. The Labute approximate surface area is 149 Å². The predicted octanol–water partition coefficient (Wildman–Crippen LogP) is 6.24. The molecule has 0 heterocycles. The molecule has 0 atom stereocenters. The first-order valence-corrected chi connectivity index (χ1v) is 8.48. The van der Waals surface area contributed by atoms with Crippen molar-refractivity contribution >= 4 is 63.7 Å². The van der Waals surface area contributed by atoms with Crippen LogP contribution in [0, 0.1) is 0 Å². The van der Waals surface area contributed by atoms with Crippen LogP contribution in [0.4, 0.5) is 0 Å². The first kappa shape index (κ1) is 16.1. The molecule has 0 spiro atoms. The van der Waals surface area contributed by atoms with Crippen LogP contribution in [0.15, 0.2) is 42.2 Å². The highest BCUT2D eigenvalue weighted by molar-refractivity contribution is 9.13. The molecule has 0 aliphatic heterocycles. The van der Waals surface area contributed by atoms with Crippen molar-refractivity contribution in [3.05, 3.63) is 42.2 Å². The van der Waals surface area contributed by atoms with E-state index < -0.39 is 0 Å². The van der Waals surface area contributed by atoms with E-state index in [-0.39, 0.29) is 5.75 Å². The van der Waals surface area contributed by atoms with E-state index in [4.69, 9.17) is 9.47 Å². The van der Waals surface area contributed by atoms with Gasteiger partial charge in [0, 0.05) is 15.0 Å². The molecule has 3 nitrogen and oxygen atoms in total. The van der Waals surface area contributed by atoms with Gasteiger partial charge in [-0.3, -0.25) is 0 Å². The number of hydrogen-bond acceptors (Lipinski definition) is 3. The van der Waals surface area contributed by atoms with E-state index >= 15 is 0 Å². The summed E-state index contributed by atoms with van der Waals surface area (Å²) in [5, 5.41) is 10.0. The van der Waals surface area contributed by atoms with Crippen molar-refractivity contribution in [1.82, 2.24) is 0 Å². The van der Waals surface area contributed by atoms with Crippen LogP contribution in [0.5, 0.6) is 23.0 Å². The average Bonchev–Trinajstić information content (AvgIpc) is 2.40. The van der Waals surface area contributed by atoms with Gasteiger partial charge in [0.2, 0.25) is 0 Å². The van der Waals surface area contributed by atoms with Crippen molar-refractivity contribution in [3.8, 4) is 23.0 Å². The SMILES string of the molecule is COc1cc(Br)c(Br)c(Oc2cc(Br)cc(Br)c2O)c1. The van der Waals surface area contributed by atoms with Gasteiger partial charge in [0.05, 0.1) is 16.1 Å². The van der Waals surface area contributed by atoms with E-state index in [1.54, 1.807) is 25.3 Å². The van der Waals surface area contributed by atoms with Crippen LogP contribution in [0.2, 0.25) is 0 Å². The fraction of sp³-hybridized carbons (Fsp3) is 0.0769. The van der Waals surface area contributed by atoms with E-state index in [0.717, 1.165) is 13.4 Å². The van der Waals surface area contributed by atoms with Crippen molar-refractivity contribution in [1.29, 1.82) is 0 Å². The summed E-state index contributed by atoms with van der Waals surface area (Å²) in [4.78, 5) is 0. The summed E-state index contributed by atoms with van der Waals surface area (Å²) in [6.45, 7) is 0. The molecule has 0 unspecified atom stereocenters. The van der Waals surface area contributed by atoms with Gasteiger partial charge in [-0.15, -0.1) is 0 Å². The van der Waals surface area contributed by atoms with Gasteiger partial charge in [-0.2, -0.15) is 0 Å². The van der Waals surface area contributed by atoms with Gasteiger partial charge in [0.15, 0.2) is 11.5 Å². The van der Waals surface area contributed by atoms with Gasteiger partial charge in [-0.1, -0.05) is 15.9 Å². The van der Waals surface area contributed by atoms with Crippen molar-refractivity contribution in [2.45, 2.75) is 0 Å². The number of methoxy groups -OCH3 is 1. The minimum Gasteiger partial charge on any atom is -0.503 e. The lowest BCUT2D eigenvalue weighted by molar-refractivity contribution is 0.395. The third-order valence-electron chi connectivity index (χ3n) is 2.42. The third kappa shape index (κ3) is 3.50. The highest BCUT2D eigenvalue weighted by Gasteiger charge is 2.14. The molecule has 0 saturated heterocycles. The highest BCUT2D eigenvalue weighted by atomic mass is 79.9. The lowest BCUT2D eigenvalue weighted by Crippen LogP contribution is -1.90. The molecule has 0 radical (unpaired) electrons. The first-order chi connectivity index (χ1) is 9.42. The molecule has 20 heavy (non-hydrogen) atoms. The Morgan fingerprint density at radius 2 is 1.60 bits per heavy atom. The second-order valence-corrected chi connectivity index (χ2v) is 7.18. The summed E-state index contributed by atoms with van der Waals surface area (Å²) in [6.07, 6.45) is 0. The molecule has 106 valence electrons. The standard InChI is InChI=1S/C13H8Br4O3/c1-19-7-4-8(15)12(17)10(5-7)20-11-3-6(14)2-9(16)13(11)18/h2-5,18H,1H3. The zero-order chi connectivity index (χ0) is 14.9. The van der Waals surface area contributed by atoms with E-state index in [2.05, 4.69) is 63.7 Å². The molecule has 7 heteroatoms. The summed E-state index contributed by atoms with van der Waals surface area (Å²) in [5.74, 6) is 1.52. The van der Waals surface area contributed by atoms with Crippen LogP contribution in [0.3, 0.4) is 0 Å². The zero-order valence-electron chi connectivity index (χ0n) is 10.1. The number of halogens is 4. The first-order valence-electron chi connectivity index (χ1n) is 5.31. The van der Waals surface area contributed by atoms with Crippen LogP contribution in [-0.4, -0.2) is 12.2 Å². The predicted molar refractivity (Wildman–Crippen MR) is 92.0 cm³/mol. The summed E-state index contributed by atoms with van der Waals surface area (Å²) in [6, 6.07) is 6.95. The molecule has 0 fully saturated rings. The van der Waals surface area contributed by atoms with Gasteiger partial charge in [-0.25, -0.2) is 0 Å². The van der Waals surface area contributed by atoms with Crippen LogP contribution < -0.4 is 9.47 Å². The zero-order valence-corrected chi connectivity index (χ0v) is 16.4. The molecular formula is C13H8Br4O3. The summed E-state index contributed by atoms with van der Waals surface area (Å²) < 4.78 is 13.8. The fourth-order valence-electron chi connectivity index (χ4n) is 1.47. The number of phenolic OH excluding ortho intramolecular Hbond substituents is 1. The summed E-state index contributed by atoms with van der Waals surface area (Å²) in [5.41, 5.74) is 0.